The van der Waals surface area contributed by atoms with Gasteiger partial charge in [-0.2, -0.15) is 0 Å². The van der Waals surface area contributed by atoms with E-state index < -0.39 is 74.6 Å². The highest BCUT2D eigenvalue weighted by Gasteiger charge is 2.50. The third kappa shape index (κ3) is 8.04. The van der Waals surface area contributed by atoms with Crippen molar-refractivity contribution < 1.29 is 54.7 Å². The third-order valence-electron chi connectivity index (χ3n) is 6.24. The predicted molar refractivity (Wildman–Crippen MR) is 115 cm³/mol. The summed E-state index contributed by atoms with van der Waals surface area (Å²) in [5.41, 5.74) is 0. The monoisotopic (exact) mass is 482 g/mol. The summed E-state index contributed by atoms with van der Waals surface area (Å²) < 4.78 is 22.0. The average Bonchev–Trinajstić information content (AvgIpc) is 2.82. The molecule has 7 N–H and O–H groups in total. The van der Waals surface area contributed by atoms with Crippen LogP contribution in [0.4, 0.5) is 0 Å². The Kier molecular flexibility index (Phi) is 13.0. The highest BCUT2D eigenvalue weighted by atomic mass is 16.7. The summed E-state index contributed by atoms with van der Waals surface area (Å²) in [6.07, 6.45) is -5.35. The lowest BCUT2D eigenvalue weighted by atomic mass is 9.97. The van der Waals surface area contributed by atoms with E-state index >= 15 is 0 Å². The Hall–Kier alpha value is -0.440. The average molecular weight is 483 g/mol. The largest absolute Gasteiger partial charge is 0.394 e. The lowest BCUT2D eigenvalue weighted by Gasteiger charge is -2.45. The topological polar surface area (TPSA) is 179 Å². The first-order valence-corrected chi connectivity index (χ1v) is 12.1. The van der Waals surface area contributed by atoms with Crippen molar-refractivity contribution in [1.29, 1.82) is 0 Å². The summed E-state index contributed by atoms with van der Waals surface area (Å²) in [7, 11) is 0. The summed E-state index contributed by atoms with van der Waals surface area (Å²) in [5.74, 6) is 0. The summed E-state index contributed by atoms with van der Waals surface area (Å²) in [6, 6.07) is 0. The second-order valence-corrected chi connectivity index (χ2v) is 8.85. The number of unbranched alkanes of at least 4 members (excludes halogenated alkanes) is 7. The Morgan fingerprint density at radius 1 is 0.606 bits per heavy atom. The van der Waals surface area contributed by atoms with Gasteiger partial charge in [-0.25, -0.2) is 0 Å². The first-order valence-electron chi connectivity index (χ1n) is 12.1. The van der Waals surface area contributed by atoms with Gasteiger partial charge in [0.05, 0.1) is 13.2 Å². The van der Waals surface area contributed by atoms with Crippen LogP contribution in [0.2, 0.25) is 0 Å². The predicted octanol–water partition coefficient (Wildman–Crippen LogP) is -1.23. The first kappa shape index (κ1) is 28.8. The quantitative estimate of drug-likeness (QED) is 0.147. The summed E-state index contributed by atoms with van der Waals surface area (Å²) in [4.78, 5) is 0. The smallest absolute Gasteiger partial charge is 0.187 e. The standard InChI is InChI=1S/C22H42O11/c1-2-3-4-5-6-7-8-9-10-30-21-19(29)17(27)20(14(12-24)32-21)33-22-18(28)16(26)15(25)13(11-23)31-22/h13-29H,2-12H2,1H3/t13?,14?,15-,16?,17?,18?,19?,20-,21+,22-/m1/s1. The Labute approximate surface area is 194 Å². The second kappa shape index (κ2) is 14.8. The van der Waals surface area contributed by atoms with Crippen LogP contribution in [0.1, 0.15) is 58.3 Å². The maximum Gasteiger partial charge on any atom is 0.187 e. The fourth-order valence-corrected chi connectivity index (χ4v) is 4.13. The number of aliphatic hydroxyl groups excluding tert-OH is 7. The molecule has 196 valence electrons. The van der Waals surface area contributed by atoms with E-state index in [1.54, 1.807) is 0 Å². The maximum absolute atomic E-state index is 10.6. The molecule has 2 saturated heterocycles. The molecule has 2 aliphatic heterocycles. The zero-order valence-corrected chi connectivity index (χ0v) is 19.3. The van der Waals surface area contributed by atoms with Crippen LogP contribution in [-0.4, -0.2) is 117 Å². The highest BCUT2D eigenvalue weighted by Crippen LogP contribution is 2.29. The van der Waals surface area contributed by atoms with Crippen LogP contribution in [0.5, 0.6) is 0 Å². The van der Waals surface area contributed by atoms with Crippen LogP contribution >= 0.6 is 0 Å². The van der Waals surface area contributed by atoms with Crippen molar-refractivity contribution in [2.24, 2.45) is 0 Å². The van der Waals surface area contributed by atoms with E-state index in [2.05, 4.69) is 6.92 Å². The minimum Gasteiger partial charge on any atom is -0.394 e. The van der Waals surface area contributed by atoms with Crippen LogP contribution in [0.25, 0.3) is 0 Å². The van der Waals surface area contributed by atoms with E-state index in [-0.39, 0.29) is 0 Å². The van der Waals surface area contributed by atoms with Gasteiger partial charge in [0.1, 0.15) is 48.8 Å². The lowest BCUT2D eigenvalue weighted by Crippen LogP contribution is -2.64. The lowest BCUT2D eigenvalue weighted by molar-refractivity contribution is -0.359. The van der Waals surface area contributed by atoms with Crippen molar-refractivity contribution in [1.82, 2.24) is 0 Å². The van der Waals surface area contributed by atoms with Crippen molar-refractivity contribution in [3.63, 3.8) is 0 Å². The molecule has 6 unspecified atom stereocenters. The molecule has 10 atom stereocenters. The molecule has 0 amide bonds. The van der Waals surface area contributed by atoms with E-state index in [0.717, 1.165) is 19.3 Å². The Balaban J connectivity index is 1.82. The van der Waals surface area contributed by atoms with Crippen molar-refractivity contribution in [3.8, 4) is 0 Å². The Morgan fingerprint density at radius 3 is 1.76 bits per heavy atom. The highest BCUT2D eigenvalue weighted by molar-refractivity contribution is 4.94. The molecule has 11 nitrogen and oxygen atoms in total. The molecule has 0 radical (unpaired) electrons. The van der Waals surface area contributed by atoms with Crippen LogP contribution in [0.15, 0.2) is 0 Å². The van der Waals surface area contributed by atoms with E-state index in [0.29, 0.717) is 6.61 Å². The minimum absolute atomic E-state index is 0.319. The van der Waals surface area contributed by atoms with E-state index in [1.807, 2.05) is 0 Å². The van der Waals surface area contributed by atoms with Gasteiger partial charge in [-0.1, -0.05) is 51.9 Å². The molecule has 0 aromatic carbocycles. The Morgan fingerprint density at radius 2 is 1.15 bits per heavy atom. The van der Waals surface area contributed by atoms with Gasteiger partial charge in [-0.05, 0) is 6.42 Å². The zero-order valence-electron chi connectivity index (χ0n) is 19.3. The molecule has 2 heterocycles. The minimum atomic E-state index is -1.69. The zero-order chi connectivity index (χ0) is 24.4. The number of hydrogen-bond donors (Lipinski definition) is 7. The number of hydrogen-bond acceptors (Lipinski definition) is 11. The molecule has 0 aliphatic carbocycles. The van der Waals surface area contributed by atoms with Gasteiger partial charge >= 0.3 is 0 Å². The van der Waals surface area contributed by atoms with E-state index in [1.165, 1.54) is 32.1 Å². The first-order chi connectivity index (χ1) is 15.8. The Bertz CT molecular complexity index is 521. The van der Waals surface area contributed by atoms with Gasteiger partial charge in [0.25, 0.3) is 0 Å². The summed E-state index contributed by atoms with van der Waals surface area (Å²) in [5, 5.41) is 69.9. The van der Waals surface area contributed by atoms with E-state index in [4.69, 9.17) is 18.9 Å². The molecule has 0 bridgehead atoms. The van der Waals surface area contributed by atoms with Crippen LogP contribution in [0, 0.1) is 0 Å². The maximum atomic E-state index is 10.6. The van der Waals surface area contributed by atoms with E-state index in [9.17, 15) is 35.7 Å². The number of rotatable bonds is 14. The summed E-state index contributed by atoms with van der Waals surface area (Å²) in [6.45, 7) is 1.28. The fraction of sp³-hybridized carbons (Fsp3) is 1.00. The van der Waals surface area contributed by atoms with Crippen LogP contribution < -0.4 is 0 Å². The van der Waals surface area contributed by atoms with Gasteiger partial charge in [0, 0.05) is 6.61 Å². The molecular formula is C22H42O11. The molecule has 2 aliphatic rings. The van der Waals surface area contributed by atoms with Gasteiger partial charge in [-0.3, -0.25) is 0 Å². The van der Waals surface area contributed by atoms with Crippen molar-refractivity contribution in [3.05, 3.63) is 0 Å². The molecule has 33 heavy (non-hydrogen) atoms. The normalized spacial score (nSPS) is 39.6. The van der Waals surface area contributed by atoms with Crippen LogP contribution in [0.3, 0.4) is 0 Å². The molecule has 11 heteroatoms. The molecule has 0 aromatic rings. The molecule has 2 fully saturated rings. The van der Waals surface area contributed by atoms with Gasteiger partial charge < -0.3 is 54.7 Å². The van der Waals surface area contributed by atoms with Gasteiger partial charge in [0.15, 0.2) is 12.6 Å². The molecular weight excluding hydrogens is 440 g/mol. The number of ether oxygens (including phenoxy) is 4. The van der Waals surface area contributed by atoms with Crippen molar-refractivity contribution in [2.75, 3.05) is 19.8 Å². The van der Waals surface area contributed by atoms with Gasteiger partial charge in [-0.15, -0.1) is 0 Å². The fourth-order valence-electron chi connectivity index (χ4n) is 4.13. The summed E-state index contributed by atoms with van der Waals surface area (Å²) >= 11 is 0. The SMILES string of the molecule is CCCCCCCCCCO[C@H]1OC(CO)[C@@H](O[C@H]2OC(CO)[C@@H](O)C(O)C2O)C(O)C1O. The molecule has 2 rings (SSSR count). The third-order valence-corrected chi connectivity index (χ3v) is 6.24. The second-order valence-electron chi connectivity index (χ2n) is 8.85. The molecule has 0 aromatic heterocycles. The van der Waals surface area contributed by atoms with Crippen molar-refractivity contribution in [2.45, 2.75) is 120 Å². The molecule has 0 spiro atoms. The molecule has 0 saturated carbocycles. The van der Waals surface area contributed by atoms with Gasteiger partial charge in [0.2, 0.25) is 0 Å². The van der Waals surface area contributed by atoms with Crippen molar-refractivity contribution >= 4 is 0 Å². The van der Waals surface area contributed by atoms with Crippen LogP contribution in [-0.2, 0) is 18.9 Å². The number of aliphatic hydroxyl groups is 7.